The number of anilines is 2. The lowest BCUT2D eigenvalue weighted by Gasteiger charge is -2.18. The van der Waals surface area contributed by atoms with Crippen LogP contribution in [0.3, 0.4) is 0 Å². The zero-order valence-electron chi connectivity index (χ0n) is 22.5. The third-order valence-electron chi connectivity index (χ3n) is 6.66. The number of benzene rings is 3. The van der Waals surface area contributed by atoms with E-state index in [4.69, 9.17) is 4.74 Å². The summed E-state index contributed by atoms with van der Waals surface area (Å²) in [6, 6.07) is 23.4. The summed E-state index contributed by atoms with van der Waals surface area (Å²) >= 11 is 0. The molecule has 0 aromatic heterocycles. The number of nitrogens with one attached hydrogen (secondary N) is 2. The molecule has 4 rings (SSSR count). The number of amides is 1. The molecule has 0 bridgehead atoms. The maximum Gasteiger partial charge on any atom is 0.338 e. The minimum absolute atomic E-state index is 0.214. The Morgan fingerprint density at radius 3 is 2.39 bits per heavy atom. The van der Waals surface area contributed by atoms with Crippen LogP contribution in [0.25, 0.3) is 11.3 Å². The first-order valence-corrected chi connectivity index (χ1v) is 13.5. The Balaban J connectivity index is 1.59. The summed E-state index contributed by atoms with van der Waals surface area (Å²) in [6.45, 7) is 6.29. The largest absolute Gasteiger partial charge is 0.462 e. The zero-order chi connectivity index (χ0) is 26.9. The Kier molecular flexibility index (Phi) is 9.33. The molecule has 0 saturated carbocycles. The number of carbonyl (C=O) groups is 2. The van der Waals surface area contributed by atoms with Crippen LogP contribution in [0, 0.1) is 0 Å². The summed E-state index contributed by atoms with van der Waals surface area (Å²) in [7, 11) is 2.17. The standard InChI is InChI=1S/C32H37N3O3/c1-4-6-7-11-20-35(3)22-23-14-17-26(18-15-23)33-30(24-12-9-8-10-13-24)29-27-19-16-25(32(37)38-5-2)21-28(27)34-31(29)36/h8-10,12-19,21,33H,4-7,11,20,22H2,1-3H3,(H,34,36)/b30-29-. The summed E-state index contributed by atoms with van der Waals surface area (Å²) in [5, 5.41) is 6.43. The quantitative estimate of drug-likeness (QED) is 0.159. The van der Waals surface area contributed by atoms with Crippen molar-refractivity contribution in [3.05, 3.63) is 95.1 Å². The van der Waals surface area contributed by atoms with Crippen LogP contribution in [0.4, 0.5) is 11.4 Å². The van der Waals surface area contributed by atoms with Gasteiger partial charge < -0.3 is 20.3 Å². The number of hydrogen-bond acceptors (Lipinski definition) is 5. The smallest absolute Gasteiger partial charge is 0.338 e. The number of carbonyl (C=O) groups excluding carboxylic acids is 2. The number of nitrogens with zero attached hydrogens (tertiary/aromatic N) is 1. The highest BCUT2D eigenvalue weighted by molar-refractivity contribution is 6.37. The molecule has 1 aliphatic heterocycles. The molecule has 6 heteroatoms. The highest BCUT2D eigenvalue weighted by Gasteiger charge is 2.29. The highest BCUT2D eigenvalue weighted by atomic mass is 16.5. The van der Waals surface area contributed by atoms with Gasteiger partial charge in [-0.05, 0) is 62.3 Å². The van der Waals surface area contributed by atoms with Crippen LogP contribution < -0.4 is 10.6 Å². The van der Waals surface area contributed by atoms with E-state index in [-0.39, 0.29) is 5.91 Å². The van der Waals surface area contributed by atoms with Gasteiger partial charge in [0, 0.05) is 17.8 Å². The lowest BCUT2D eigenvalue weighted by Crippen LogP contribution is -2.19. The van der Waals surface area contributed by atoms with Crippen molar-refractivity contribution in [3.63, 3.8) is 0 Å². The molecule has 0 fully saturated rings. The fraction of sp³-hybridized carbons (Fsp3) is 0.312. The molecular weight excluding hydrogens is 474 g/mol. The minimum atomic E-state index is -0.407. The molecule has 0 atom stereocenters. The summed E-state index contributed by atoms with van der Waals surface area (Å²) < 4.78 is 5.12. The van der Waals surface area contributed by atoms with Crippen LogP contribution in [0.1, 0.15) is 66.6 Å². The second-order valence-electron chi connectivity index (χ2n) is 9.67. The van der Waals surface area contributed by atoms with Gasteiger partial charge >= 0.3 is 5.97 Å². The lowest BCUT2D eigenvalue weighted by atomic mass is 9.99. The van der Waals surface area contributed by atoms with Crippen LogP contribution in [0.5, 0.6) is 0 Å². The van der Waals surface area contributed by atoms with Crippen LogP contribution in [0.2, 0.25) is 0 Å². The Bertz CT molecular complexity index is 1280. The molecule has 2 N–H and O–H groups in total. The monoisotopic (exact) mass is 511 g/mol. The summed E-state index contributed by atoms with van der Waals surface area (Å²) in [5.74, 6) is -0.622. The van der Waals surface area contributed by atoms with Gasteiger partial charge in [0.2, 0.25) is 0 Å². The van der Waals surface area contributed by atoms with E-state index in [1.807, 2.05) is 30.3 Å². The lowest BCUT2D eigenvalue weighted by molar-refractivity contribution is -0.110. The molecule has 38 heavy (non-hydrogen) atoms. The molecule has 1 amide bonds. The number of fused-ring (bicyclic) bond motifs is 1. The molecule has 1 aliphatic rings. The molecule has 198 valence electrons. The minimum Gasteiger partial charge on any atom is -0.462 e. The summed E-state index contributed by atoms with van der Waals surface area (Å²) in [6.07, 6.45) is 5.05. The van der Waals surface area contributed by atoms with Gasteiger partial charge in [0.1, 0.15) is 0 Å². The van der Waals surface area contributed by atoms with E-state index >= 15 is 0 Å². The van der Waals surface area contributed by atoms with Crippen molar-refractivity contribution in [2.24, 2.45) is 0 Å². The molecule has 0 unspecified atom stereocenters. The number of hydrogen-bond donors (Lipinski definition) is 2. The van der Waals surface area contributed by atoms with Gasteiger partial charge in [-0.25, -0.2) is 4.79 Å². The molecule has 0 saturated heterocycles. The van der Waals surface area contributed by atoms with Crippen molar-refractivity contribution in [2.45, 2.75) is 46.1 Å². The molecule has 0 spiro atoms. The topological polar surface area (TPSA) is 70.7 Å². The van der Waals surface area contributed by atoms with E-state index in [0.29, 0.717) is 29.1 Å². The third-order valence-corrected chi connectivity index (χ3v) is 6.66. The van der Waals surface area contributed by atoms with Crippen molar-refractivity contribution >= 4 is 34.5 Å². The third kappa shape index (κ3) is 6.69. The van der Waals surface area contributed by atoms with Crippen molar-refractivity contribution < 1.29 is 14.3 Å². The fourth-order valence-corrected chi connectivity index (χ4v) is 4.68. The van der Waals surface area contributed by atoms with Gasteiger partial charge in [0.05, 0.1) is 29.1 Å². The number of esters is 1. The first-order valence-electron chi connectivity index (χ1n) is 13.5. The van der Waals surface area contributed by atoms with E-state index in [1.165, 1.54) is 31.2 Å². The van der Waals surface area contributed by atoms with Gasteiger partial charge in [0.25, 0.3) is 5.91 Å². The van der Waals surface area contributed by atoms with Crippen molar-refractivity contribution in [2.75, 3.05) is 30.8 Å². The molecule has 6 nitrogen and oxygen atoms in total. The molecule has 0 aliphatic carbocycles. The predicted octanol–water partition coefficient (Wildman–Crippen LogP) is 6.81. The van der Waals surface area contributed by atoms with E-state index in [9.17, 15) is 9.59 Å². The summed E-state index contributed by atoms with van der Waals surface area (Å²) in [5.41, 5.74) is 6.05. The number of ether oxygens (including phenoxy) is 1. The van der Waals surface area contributed by atoms with Crippen molar-refractivity contribution in [3.8, 4) is 0 Å². The van der Waals surface area contributed by atoms with Crippen LogP contribution in [-0.2, 0) is 16.1 Å². The van der Waals surface area contributed by atoms with Gasteiger partial charge in [-0.15, -0.1) is 0 Å². The van der Waals surface area contributed by atoms with Crippen molar-refractivity contribution in [1.82, 2.24) is 4.90 Å². The van der Waals surface area contributed by atoms with E-state index in [0.717, 1.165) is 29.9 Å². The van der Waals surface area contributed by atoms with Crippen LogP contribution in [-0.4, -0.2) is 37.0 Å². The normalized spacial score (nSPS) is 13.7. The van der Waals surface area contributed by atoms with Gasteiger partial charge in [-0.3, -0.25) is 4.79 Å². The van der Waals surface area contributed by atoms with Gasteiger partial charge in [-0.1, -0.05) is 74.7 Å². The SMILES string of the molecule is CCCCCCN(C)Cc1ccc(N/C(=C2\C(=O)Nc3cc(C(=O)OCC)ccc32)c2ccccc2)cc1. The first-order chi connectivity index (χ1) is 18.5. The average molecular weight is 512 g/mol. The summed E-state index contributed by atoms with van der Waals surface area (Å²) in [4.78, 5) is 27.8. The average Bonchev–Trinajstić information content (AvgIpc) is 3.26. The predicted molar refractivity (Wildman–Crippen MR) is 155 cm³/mol. The molecule has 3 aromatic rings. The zero-order valence-corrected chi connectivity index (χ0v) is 22.5. The maximum absolute atomic E-state index is 13.2. The molecule has 3 aromatic carbocycles. The molecular formula is C32H37N3O3. The van der Waals surface area contributed by atoms with E-state index in [2.05, 4.69) is 53.8 Å². The second kappa shape index (κ2) is 13.1. The van der Waals surface area contributed by atoms with Gasteiger partial charge in [0.15, 0.2) is 0 Å². The number of unbranched alkanes of at least 4 members (excludes halogenated alkanes) is 3. The maximum atomic E-state index is 13.2. The molecule has 1 heterocycles. The van der Waals surface area contributed by atoms with Crippen molar-refractivity contribution in [1.29, 1.82) is 0 Å². The second-order valence-corrected chi connectivity index (χ2v) is 9.67. The van der Waals surface area contributed by atoms with Gasteiger partial charge in [-0.2, -0.15) is 0 Å². The highest BCUT2D eigenvalue weighted by Crippen LogP contribution is 2.38. The van der Waals surface area contributed by atoms with E-state index < -0.39 is 5.97 Å². The molecule has 0 radical (unpaired) electrons. The van der Waals surface area contributed by atoms with Crippen LogP contribution in [0.15, 0.2) is 72.8 Å². The van der Waals surface area contributed by atoms with E-state index in [1.54, 1.807) is 25.1 Å². The first kappa shape index (κ1) is 27.1. The Morgan fingerprint density at radius 2 is 1.68 bits per heavy atom. The number of rotatable bonds is 12. The Labute approximate surface area is 225 Å². The fourth-order valence-electron chi connectivity index (χ4n) is 4.68. The Morgan fingerprint density at radius 1 is 0.921 bits per heavy atom. The Hall–Kier alpha value is -3.90. The van der Waals surface area contributed by atoms with Crippen LogP contribution >= 0.6 is 0 Å².